The lowest BCUT2D eigenvalue weighted by molar-refractivity contribution is -0.123. The number of ether oxygens (including phenoxy) is 1. The molecular weight excluding hydrogens is 1170 g/mol. The number of nitrogens with zero attached hydrogens (tertiary/aromatic N) is 5. The third-order valence-corrected chi connectivity index (χ3v) is 21.0. The molecule has 89 heavy (non-hydrogen) atoms. The van der Waals surface area contributed by atoms with Gasteiger partial charge in [0.15, 0.2) is 6.23 Å². The van der Waals surface area contributed by atoms with Crippen molar-refractivity contribution in [2.24, 2.45) is 94.7 Å². The van der Waals surface area contributed by atoms with Crippen molar-refractivity contribution in [3.05, 3.63) is 63.9 Å². The largest absolute Gasteiger partial charge is 0.472 e. The van der Waals surface area contributed by atoms with Gasteiger partial charge < -0.3 is 69.4 Å². The first-order chi connectivity index (χ1) is 41.5. The molecule has 15 atom stereocenters. The molecule has 8 bridgehead atoms. The minimum absolute atomic E-state index is 0.000847. The average Bonchev–Trinajstić information content (AvgIpc) is 1.57. The monoisotopic (exact) mass is 1260 g/mol. The highest BCUT2D eigenvalue weighted by atomic mass is 31.2. The Hall–Kier alpha value is -7.00. The van der Waals surface area contributed by atoms with Gasteiger partial charge >= 0.3 is 7.82 Å². The van der Waals surface area contributed by atoms with Crippen molar-refractivity contribution in [1.82, 2.24) is 20.2 Å². The van der Waals surface area contributed by atoms with Crippen molar-refractivity contribution < 1.29 is 67.0 Å². The number of nitrogens with two attached hydrogens (primary N) is 6. The molecule has 1 aromatic heterocycles. The lowest BCUT2D eigenvalue weighted by atomic mass is 9.60. The van der Waals surface area contributed by atoms with Gasteiger partial charge in [0.25, 0.3) is 0 Å². The number of aromatic nitrogens is 2. The summed E-state index contributed by atoms with van der Waals surface area (Å²) in [4.78, 5) is 125. The normalized spacial score (nSPS) is 32.2. The molecule has 28 heteroatoms. The van der Waals surface area contributed by atoms with E-state index in [1.165, 1.54) is 13.3 Å². The first kappa shape index (κ1) is 67.9. The van der Waals surface area contributed by atoms with Crippen LogP contribution >= 0.6 is 7.82 Å². The number of primary amides is 6. The highest BCUT2D eigenvalue weighted by molar-refractivity contribution is 7.47. The number of allylic oxidation sites excluding steroid dienone is 6. The molecule has 486 valence electrons. The highest BCUT2D eigenvalue weighted by Crippen LogP contribution is 2.59. The number of hydrogen-bond donors (Lipinski definition) is 11. The topological polar surface area (TPSA) is 460 Å². The first-order valence-corrected chi connectivity index (χ1v) is 31.7. The van der Waals surface area contributed by atoms with Crippen LogP contribution in [0.25, 0.3) is 11.0 Å². The second-order valence-electron chi connectivity index (χ2n) is 26.5. The lowest BCUT2D eigenvalue weighted by Crippen LogP contribution is -2.48. The third kappa shape index (κ3) is 13.4. The van der Waals surface area contributed by atoms with Gasteiger partial charge in [0.05, 0.1) is 42.2 Å². The zero-order chi connectivity index (χ0) is 65.8. The molecule has 2 unspecified atom stereocenters. The van der Waals surface area contributed by atoms with Crippen LogP contribution < -0.4 is 45.0 Å². The summed E-state index contributed by atoms with van der Waals surface area (Å²) in [6.45, 7) is 17.4. The summed E-state index contributed by atoms with van der Waals surface area (Å²) in [5.74, 6) is -7.07. The Morgan fingerprint density at radius 3 is 2.00 bits per heavy atom. The van der Waals surface area contributed by atoms with Crippen LogP contribution in [-0.2, 0) is 51.9 Å². The third-order valence-electron chi connectivity index (χ3n) is 19.9. The Morgan fingerprint density at radius 1 is 0.798 bits per heavy atom. The molecule has 17 N–H and O–H groups in total. The number of nitrogens with one attached hydrogen (secondary N) is 2. The van der Waals surface area contributed by atoms with E-state index in [1.54, 1.807) is 4.57 Å². The minimum Gasteiger partial charge on any atom is -0.394 e. The number of aliphatic hydroxyl groups excluding tert-OH is 2. The number of rotatable bonds is 26. The van der Waals surface area contributed by atoms with E-state index in [0.717, 1.165) is 11.1 Å². The Morgan fingerprint density at radius 2 is 1.40 bits per heavy atom. The Bertz CT molecular complexity index is 3480. The van der Waals surface area contributed by atoms with Gasteiger partial charge in [0.1, 0.15) is 18.3 Å². The van der Waals surface area contributed by atoms with Crippen molar-refractivity contribution in [2.45, 2.75) is 183 Å². The summed E-state index contributed by atoms with van der Waals surface area (Å²) in [7, 11) is -5.06. The standard InChI is InChI=1S/C61H88N13O14P/c1-28-19-38-39(20-29(28)2)74(27-69-38)57-52(83)53(40(26-75)86-57)88-89(84,85)87-30(3)25-68-48(82)17-18-59(8)36(21-45(65)79)51-56-61(10,24-47(67)81)35(13-16-44(64)78)50(72-56)32(5)55-60(9,23-46(66)80)33(11-14-42(62)76)37(70-55)22-41-58(6,7)34(12-15-43(63)77)49(71-41)31(4)54(59)73-51/h19-20,22,27,30,33-36,40,51-53,56-57,70,75,83H,11-18,21,23-26H2,1-10H3,(H2,62,76)(H2,63,77)(H2,64,78)(H2,65,79)(H2,66,80)(H2,67,81)(H,68,82)(H,84,85)/b37-22?,49-31?,55-32-/t30-,33-,34-,35-,36+,40-,51-,52-,53-,56?,57+,59-,60+,61+/m1/s1. The number of phosphoric ester groups is 1. The van der Waals surface area contributed by atoms with E-state index in [2.05, 4.69) is 15.6 Å². The van der Waals surface area contributed by atoms with Gasteiger partial charge in [-0.05, 0) is 101 Å². The molecule has 6 aliphatic rings. The van der Waals surface area contributed by atoms with Crippen LogP contribution in [-0.4, -0.2) is 133 Å². The molecule has 0 saturated carbocycles. The number of aliphatic hydroxyl groups is 2. The number of aryl methyl sites for hydroxylation is 2. The van der Waals surface area contributed by atoms with E-state index >= 15 is 0 Å². The molecule has 27 nitrogen and oxygen atoms in total. The van der Waals surface area contributed by atoms with E-state index in [-0.39, 0.29) is 77.2 Å². The van der Waals surface area contributed by atoms with E-state index < -0.39 is 144 Å². The maximum atomic E-state index is 14.3. The molecule has 6 aliphatic heterocycles. The molecule has 7 heterocycles. The summed E-state index contributed by atoms with van der Waals surface area (Å²) in [5.41, 5.74) is 38.8. The lowest BCUT2D eigenvalue weighted by Gasteiger charge is -2.41. The van der Waals surface area contributed by atoms with Crippen molar-refractivity contribution in [2.75, 3.05) is 13.2 Å². The van der Waals surface area contributed by atoms with Crippen LogP contribution in [0.3, 0.4) is 0 Å². The van der Waals surface area contributed by atoms with Gasteiger partial charge in [-0.15, -0.1) is 0 Å². The van der Waals surface area contributed by atoms with Crippen LogP contribution in [0.4, 0.5) is 0 Å². The summed E-state index contributed by atoms with van der Waals surface area (Å²) in [6.07, 6.45) is -4.14. The van der Waals surface area contributed by atoms with Crippen molar-refractivity contribution in [3.63, 3.8) is 0 Å². The zero-order valence-electron chi connectivity index (χ0n) is 52.3. The molecule has 2 aromatic rings. The number of phosphoric acid groups is 1. The molecule has 0 spiro atoms. The smallest absolute Gasteiger partial charge is 0.394 e. The highest BCUT2D eigenvalue weighted by Gasteiger charge is 2.61. The fourth-order valence-electron chi connectivity index (χ4n) is 15.1. The molecule has 8 rings (SSSR count). The molecule has 2 saturated heterocycles. The molecule has 0 aliphatic carbocycles. The molecule has 1 aromatic carbocycles. The number of aliphatic imine (C=N–C) groups is 3. The van der Waals surface area contributed by atoms with Gasteiger partial charge in [-0.3, -0.25) is 57.6 Å². The SMILES string of the molecule is CC1=C2N=C(C=C3N/C(=C(/C)C4=NC([C@@H]5N=C1[C@](C)(CCC(=O)NC[C@@H](C)OP(=O)(O)O[C@H]1[C@@H](O)[C@@H](n6cnc7cc(C)c(C)cc76)O[C@@H]1CO)[C@H]5CC(N)=O)[C@@](C)(CC(N)=O)[C@@H]4CCC(N)=O)[C@@](C)(CC(N)=O)[C@@H]3CCC(N)=O)C(C)(C)[C@@H]2CCC(N)=O. The Kier molecular flexibility index (Phi) is 19.6. The average molecular weight is 1260 g/mol. The summed E-state index contributed by atoms with van der Waals surface area (Å²) in [6, 6.07) is 1.76. The van der Waals surface area contributed by atoms with Crippen LogP contribution in [0.1, 0.15) is 143 Å². The summed E-state index contributed by atoms with van der Waals surface area (Å²) in [5, 5.41) is 28.2. The van der Waals surface area contributed by atoms with Crippen LogP contribution in [0.15, 0.2) is 67.8 Å². The van der Waals surface area contributed by atoms with Crippen LogP contribution in [0.2, 0.25) is 0 Å². The first-order valence-electron chi connectivity index (χ1n) is 30.2. The van der Waals surface area contributed by atoms with Gasteiger partial charge in [-0.2, -0.15) is 0 Å². The summed E-state index contributed by atoms with van der Waals surface area (Å²) < 4.78 is 32.2. The molecular formula is C61H88N13O14P. The van der Waals surface area contributed by atoms with Gasteiger partial charge in [0.2, 0.25) is 41.4 Å². The second-order valence-corrected chi connectivity index (χ2v) is 27.9. The van der Waals surface area contributed by atoms with Crippen molar-refractivity contribution in [1.29, 1.82) is 0 Å². The molecule has 0 radical (unpaired) electrons. The zero-order valence-corrected chi connectivity index (χ0v) is 53.2. The second kappa shape index (κ2) is 25.7. The summed E-state index contributed by atoms with van der Waals surface area (Å²) >= 11 is 0. The van der Waals surface area contributed by atoms with E-state index in [9.17, 15) is 53.2 Å². The van der Waals surface area contributed by atoms with Crippen LogP contribution in [0.5, 0.6) is 0 Å². The predicted octanol–water partition coefficient (Wildman–Crippen LogP) is 2.77. The maximum absolute atomic E-state index is 14.3. The molecule has 2 fully saturated rings. The number of imidazole rings is 1. The number of hydrogen-bond acceptors (Lipinski definition) is 18. The Balaban J connectivity index is 1.18. The number of fused-ring (bicyclic) bond motifs is 7. The maximum Gasteiger partial charge on any atom is 0.472 e. The Labute approximate surface area is 517 Å². The van der Waals surface area contributed by atoms with E-state index in [0.29, 0.717) is 56.4 Å². The van der Waals surface area contributed by atoms with Crippen LogP contribution in [0, 0.1) is 59.2 Å². The van der Waals surface area contributed by atoms with Gasteiger partial charge in [0, 0.05) is 131 Å². The number of carbonyl (C=O) groups excluding carboxylic acids is 7. The van der Waals surface area contributed by atoms with Gasteiger partial charge in [-0.25, -0.2) is 9.55 Å². The van der Waals surface area contributed by atoms with Crippen molar-refractivity contribution >= 4 is 77.3 Å². The minimum atomic E-state index is -5.06. The van der Waals surface area contributed by atoms with Crippen molar-refractivity contribution in [3.8, 4) is 0 Å². The number of benzene rings is 1. The van der Waals surface area contributed by atoms with Gasteiger partial charge in [-0.1, -0.05) is 34.6 Å². The van der Waals surface area contributed by atoms with E-state index in [4.69, 9.17) is 63.2 Å². The fourth-order valence-corrected chi connectivity index (χ4v) is 16.2. The fraction of sp³-hybridized carbons (Fsp3) is 0.623. The molecule has 7 amide bonds. The predicted molar refractivity (Wildman–Crippen MR) is 329 cm³/mol. The quantitative estimate of drug-likeness (QED) is 0.0603. The van der Waals surface area contributed by atoms with E-state index in [1.807, 2.05) is 80.5 Å². The number of carbonyl (C=O) groups is 7. The number of amides is 7.